The van der Waals surface area contributed by atoms with Crippen LogP contribution in [0.2, 0.25) is 0 Å². The highest BCUT2D eigenvalue weighted by Gasteiger charge is 2.47. The van der Waals surface area contributed by atoms with Gasteiger partial charge in [-0.1, -0.05) is 30.3 Å². The maximum atomic E-state index is 13.4. The maximum Gasteiger partial charge on any atom is 0.300 e. The van der Waals surface area contributed by atoms with Crippen molar-refractivity contribution in [1.82, 2.24) is 0 Å². The number of hydrogen-bond acceptors (Lipinski definition) is 5. The van der Waals surface area contributed by atoms with Crippen LogP contribution in [0.4, 0.5) is 10.1 Å². The van der Waals surface area contributed by atoms with E-state index < -0.39 is 29.3 Å². The highest BCUT2D eigenvalue weighted by molar-refractivity contribution is 6.51. The summed E-state index contributed by atoms with van der Waals surface area (Å²) in [7, 11) is 0. The SMILES string of the molecule is O=C1C(=O)N(c2ccc(Oc3ccccc3)cc2)C(c2ccc(O)cc2)/C1=C(\O)c1ccc(F)cc1. The summed E-state index contributed by atoms with van der Waals surface area (Å²) in [6, 6.07) is 25.9. The second kappa shape index (κ2) is 9.38. The van der Waals surface area contributed by atoms with Gasteiger partial charge in [0.2, 0.25) is 0 Å². The number of ketones is 1. The minimum Gasteiger partial charge on any atom is -0.508 e. The van der Waals surface area contributed by atoms with Gasteiger partial charge in [0.15, 0.2) is 0 Å². The van der Waals surface area contributed by atoms with E-state index in [9.17, 15) is 24.2 Å². The number of aliphatic hydroxyl groups is 1. The fourth-order valence-corrected chi connectivity index (χ4v) is 4.13. The van der Waals surface area contributed by atoms with Gasteiger partial charge >= 0.3 is 0 Å². The Labute approximate surface area is 206 Å². The normalized spacial score (nSPS) is 16.8. The van der Waals surface area contributed by atoms with Crippen LogP contribution >= 0.6 is 0 Å². The first kappa shape index (κ1) is 22.9. The predicted molar refractivity (Wildman–Crippen MR) is 132 cm³/mol. The molecule has 1 amide bonds. The van der Waals surface area contributed by atoms with Crippen molar-refractivity contribution in [2.45, 2.75) is 6.04 Å². The Balaban J connectivity index is 1.58. The number of amides is 1. The van der Waals surface area contributed by atoms with Gasteiger partial charge in [0.05, 0.1) is 11.6 Å². The highest BCUT2D eigenvalue weighted by atomic mass is 19.1. The number of carbonyl (C=O) groups is 2. The third kappa shape index (κ3) is 4.30. The molecule has 1 saturated heterocycles. The van der Waals surface area contributed by atoms with E-state index in [4.69, 9.17) is 4.74 Å². The average molecular weight is 481 g/mol. The fraction of sp³-hybridized carbons (Fsp3) is 0.0345. The second-order valence-electron chi connectivity index (χ2n) is 8.18. The van der Waals surface area contributed by atoms with Crippen LogP contribution in [0.5, 0.6) is 17.2 Å². The lowest BCUT2D eigenvalue weighted by molar-refractivity contribution is -0.132. The van der Waals surface area contributed by atoms with E-state index in [1.807, 2.05) is 30.3 Å². The molecule has 1 atom stereocenters. The van der Waals surface area contributed by atoms with Crippen molar-refractivity contribution in [3.05, 3.63) is 126 Å². The first-order chi connectivity index (χ1) is 17.4. The number of anilines is 1. The van der Waals surface area contributed by atoms with Crippen LogP contribution in [0.15, 0.2) is 109 Å². The van der Waals surface area contributed by atoms with E-state index in [-0.39, 0.29) is 16.9 Å². The van der Waals surface area contributed by atoms with Crippen molar-refractivity contribution in [2.24, 2.45) is 0 Å². The summed E-state index contributed by atoms with van der Waals surface area (Å²) >= 11 is 0. The van der Waals surface area contributed by atoms with E-state index in [2.05, 4.69) is 0 Å². The second-order valence-corrected chi connectivity index (χ2v) is 8.18. The molecule has 178 valence electrons. The van der Waals surface area contributed by atoms with Gasteiger partial charge in [-0.05, 0) is 78.4 Å². The fourth-order valence-electron chi connectivity index (χ4n) is 4.13. The summed E-state index contributed by atoms with van der Waals surface area (Å²) in [5.41, 5.74) is 0.973. The van der Waals surface area contributed by atoms with Gasteiger partial charge in [-0.25, -0.2) is 4.39 Å². The van der Waals surface area contributed by atoms with Gasteiger partial charge in [-0.3, -0.25) is 14.5 Å². The summed E-state index contributed by atoms with van der Waals surface area (Å²) in [4.78, 5) is 27.7. The molecule has 1 heterocycles. The van der Waals surface area contributed by atoms with Crippen molar-refractivity contribution in [3.63, 3.8) is 0 Å². The van der Waals surface area contributed by atoms with E-state index in [0.717, 1.165) is 12.1 Å². The number of phenolic OH excluding ortho intramolecular Hbond substituents is 1. The molecular formula is C29H20FNO5. The molecule has 0 bridgehead atoms. The summed E-state index contributed by atoms with van der Waals surface area (Å²) in [6.07, 6.45) is 0. The molecule has 7 heteroatoms. The van der Waals surface area contributed by atoms with Gasteiger partial charge in [-0.2, -0.15) is 0 Å². The molecule has 1 fully saturated rings. The number of ether oxygens (including phenoxy) is 1. The number of aromatic hydroxyl groups is 1. The van der Waals surface area contributed by atoms with E-state index in [1.165, 1.54) is 29.2 Å². The lowest BCUT2D eigenvalue weighted by atomic mass is 9.95. The third-order valence-corrected chi connectivity index (χ3v) is 5.86. The van der Waals surface area contributed by atoms with Crippen molar-refractivity contribution in [2.75, 3.05) is 4.90 Å². The molecule has 0 saturated carbocycles. The number of carbonyl (C=O) groups excluding carboxylic acids is 2. The molecule has 2 N–H and O–H groups in total. The van der Waals surface area contributed by atoms with Crippen LogP contribution in [0.25, 0.3) is 5.76 Å². The minimum atomic E-state index is -0.975. The van der Waals surface area contributed by atoms with Crippen LogP contribution in [0.3, 0.4) is 0 Å². The Kier molecular flexibility index (Phi) is 5.96. The first-order valence-electron chi connectivity index (χ1n) is 11.1. The number of para-hydroxylation sites is 1. The number of rotatable bonds is 5. The third-order valence-electron chi connectivity index (χ3n) is 5.86. The van der Waals surface area contributed by atoms with Gasteiger partial charge in [0.1, 0.15) is 28.8 Å². The number of phenols is 1. The lowest BCUT2D eigenvalue weighted by Crippen LogP contribution is -2.29. The number of nitrogens with zero attached hydrogens (tertiary/aromatic N) is 1. The molecule has 0 spiro atoms. The summed E-state index contributed by atoms with van der Waals surface area (Å²) in [5.74, 6) is -1.43. The molecule has 1 unspecified atom stereocenters. The number of halogens is 1. The van der Waals surface area contributed by atoms with E-state index in [1.54, 1.807) is 36.4 Å². The summed E-state index contributed by atoms with van der Waals surface area (Å²) in [6.45, 7) is 0. The van der Waals surface area contributed by atoms with Crippen LogP contribution in [0, 0.1) is 5.82 Å². The molecule has 6 nitrogen and oxygen atoms in total. The molecule has 4 aromatic carbocycles. The zero-order valence-corrected chi connectivity index (χ0v) is 18.8. The van der Waals surface area contributed by atoms with Crippen molar-refractivity contribution in [3.8, 4) is 17.2 Å². The number of Topliss-reactive ketones (excluding diaryl/α,β-unsaturated/α-hetero) is 1. The predicted octanol–water partition coefficient (Wildman–Crippen LogP) is 5.95. The summed E-state index contributed by atoms with van der Waals surface area (Å²) in [5, 5.41) is 20.8. The Morgan fingerprint density at radius 1 is 0.778 bits per heavy atom. The number of aliphatic hydroxyl groups excluding tert-OH is 1. The van der Waals surface area contributed by atoms with Crippen molar-refractivity contribution < 1.29 is 28.9 Å². The van der Waals surface area contributed by atoms with Crippen LogP contribution in [-0.4, -0.2) is 21.9 Å². The molecule has 0 aromatic heterocycles. The summed E-state index contributed by atoms with van der Waals surface area (Å²) < 4.78 is 19.3. The molecule has 1 aliphatic heterocycles. The largest absolute Gasteiger partial charge is 0.508 e. The molecule has 0 radical (unpaired) electrons. The zero-order valence-electron chi connectivity index (χ0n) is 18.8. The molecule has 5 rings (SSSR count). The lowest BCUT2D eigenvalue weighted by Gasteiger charge is -2.25. The molecule has 1 aliphatic rings. The van der Waals surface area contributed by atoms with Gasteiger partial charge in [0.25, 0.3) is 11.7 Å². The number of hydrogen-bond donors (Lipinski definition) is 2. The maximum absolute atomic E-state index is 13.4. The number of benzene rings is 4. The van der Waals surface area contributed by atoms with Crippen LogP contribution in [0.1, 0.15) is 17.2 Å². The van der Waals surface area contributed by atoms with Gasteiger partial charge in [0, 0.05) is 11.3 Å². The molecule has 4 aromatic rings. The monoisotopic (exact) mass is 481 g/mol. The van der Waals surface area contributed by atoms with Crippen LogP contribution in [-0.2, 0) is 9.59 Å². The first-order valence-corrected chi connectivity index (χ1v) is 11.1. The van der Waals surface area contributed by atoms with Crippen LogP contribution < -0.4 is 9.64 Å². The van der Waals surface area contributed by atoms with E-state index >= 15 is 0 Å². The van der Waals surface area contributed by atoms with E-state index in [0.29, 0.717) is 22.7 Å². The highest BCUT2D eigenvalue weighted by Crippen LogP contribution is 2.42. The van der Waals surface area contributed by atoms with Gasteiger partial charge in [-0.15, -0.1) is 0 Å². The Hall–Kier alpha value is -4.91. The van der Waals surface area contributed by atoms with Gasteiger partial charge < -0.3 is 14.9 Å². The quantitative estimate of drug-likeness (QED) is 0.209. The molecular weight excluding hydrogens is 461 g/mol. The topological polar surface area (TPSA) is 87.1 Å². The Morgan fingerprint density at radius 3 is 2.03 bits per heavy atom. The zero-order chi connectivity index (χ0) is 25.2. The van der Waals surface area contributed by atoms with Crippen molar-refractivity contribution >= 4 is 23.1 Å². The standard InChI is InChI=1S/C29H20FNO5/c30-20-10-6-19(7-11-20)27(33)25-26(18-8-14-22(32)15-9-18)31(29(35)28(25)34)21-12-16-24(17-13-21)36-23-4-2-1-3-5-23/h1-17,26,32-33H/b27-25+. The average Bonchev–Trinajstić information content (AvgIpc) is 3.16. The Bertz CT molecular complexity index is 1450. The minimum absolute atomic E-state index is 0.0108. The molecule has 0 aliphatic carbocycles. The Morgan fingerprint density at radius 2 is 1.39 bits per heavy atom. The smallest absolute Gasteiger partial charge is 0.300 e. The van der Waals surface area contributed by atoms with Crippen molar-refractivity contribution in [1.29, 1.82) is 0 Å². The molecule has 36 heavy (non-hydrogen) atoms.